The van der Waals surface area contributed by atoms with Crippen LogP contribution in [0, 0.1) is 0 Å². The molecular formula is C8H5BrCl2F3NO3S. The van der Waals surface area contributed by atoms with E-state index >= 15 is 0 Å². The number of halogens is 6. The zero-order chi connectivity index (χ0) is 14.8. The Labute approximate surface area is 125 Å². The van der Waals surface area contributed by atoms with E-state index in [1.807, 2.05) is 0 Å². The molecule has 0 amide bonds. The van der Waals surface area contributed by atoms with Gasteiger partial charge in [-0.2, -0.15) is 13.2 Å². The summed E-state index contributed by atoms with van der Waals surface area (Å²) in [5.74, 6) is 0. The lowest BCUT2D eigenvalue weighted by atomic mass is 10.4. The Hall–Kier alpha value is -0.0600. The number of benzene rings is 1. The maximum atomic E-state index is 11.8. The van der Waals surface area contributed by atoms with Gasteiger partial charge in [-0.3, -0.25) is 4.84 Å². The van der Waals surface area contributed by atoms with Gasteiger partial charge in [-0.05, 0) is 12.1 Å². The molecular weight excluding hydrogens is 398 g/mol. The summed E-state index contributed by atoms with van der Waals surface area (Å²) in [6.45, 7) is -1.78. The fourth-order valence-corrected chi connectivity index (χ4v) is 3.76. The minimum absolute atomic E-state index is 0.262. The number of nitrogens with one attached hydrogen (secondary N) is 1. The summed E-state index contributed by atoms with van der Waals surface area (Å²) in [5.41, 5.74) is 0. The lowest BCUT2D eigenvalue weighted by Crippen LogP contribution is -2.30. The molecule has 0 unspecified atom stereocenters. The average molecular weight is 403 g/mol. The molecule has 0 radical (unpaired) electrons. The Morgan fingerprint density at radius 3 is 2.16 bits per heavy atom. The van der Waals surface area contributed by atoms with Crippen LogP contribution in [0.3, 0.4) is 0 Å². The third kappa shape index (κ3) is 5.09. The molecule has 0 saturated carbocycles. The van der Waals surface area contributed by atoms with E-state index in [2.05, 4.69) is 20.8 Å². The van der Waals surface area contributed by atoms with Gasteiger partial charge in [0.1, 0.15) is 4.90 Å². The van der Waals surface area contributed by atoms with Crippen LogP contribution in [-0.2, 0) is 14.9 Å². The number of rotatable bonds is 4. The van der Waals surface area contributed by atoms with Gasteiger partial charge in [-0.15, -0.1) is 0 Å². The van der Waals surface area contributed by atoms with E-state index in [9.17, 15) is 21.6 Å². The standard InChI is InChI=1S/C8H5BrCl2F3NO3S/c9-4-1-5(10)7(6(11)2-4)19(16,17)15-18-3-8(12,13)14/h1-2,15H,3H2. The molecule has 0 heterocycles. The second-order valence-corrected chi connectivity index (χ2v) is 6.50. The molecule has 0 saturated heterocycles. The van der Waals surface area contributed by atoms with Gasteiger partial charge in [0.25, 0.3) is 10.0 Å². The maximum absolute atomic E-state index is 11.8. The number of alkyl halides is 3. The molecule has 11 heteroatoms. The zero-order valence-corrected chi connectivity index (χ0v) is 12.7. The molecule has 0 spiro atoms. The van der Waals surface area contributed by atoms with Crippen molar-refractivity contribution in [2.24, 2.45) is 0 Å². The average Bonchev–Trinajstić information content (AvgIpc) is 2.11. The predicted octanol–water partition coefficient (Wildman–Crippen LogP) is 3.53. The number of hydrogen-bond acceptors (Lipinski definition) is 3. The number of sulfonamides is 1. The molecule has 1 aromatic carbocycles. The van der Waals surface area contributed by atoms with Crippen molar-refractivity contribution >= 4 is 49.2 Å². The third-order valence-corrected chi connectivity index (χ3v) is 4.23. The first-order chi connectivity index (χ1) is 8.53. The van der Waals surface area contributed by atoms with Crippen LogP contribution in [0.2, 0.25) is 10.0 Å². The number of hydrogen-bond donors (Lipinski definition) is 1. The quantitative estimate of drug-likeness (QED) is 0.784. The summed E-state index contributed by atoms with van der Waals surface area (Å²) < 4.78 is 59.3. The van der Waals surface area contributed by atoms with E-state index in [0.717, 1.165) is 0 Å². The molecule has 1 rings (SSSR count). The molecule has 0 aliphatic rings. The Bertz CT molecular complexity index is 556. The van der Waals surface area contributed by atoms with Gasteiger partial charge in [-0.25, -0.2) is 8.42 Å². The first-order valence-corrected chi connectivity index (χ1v) is 7.41. The first-order valence-electron chi connectivity index (χ1n) is 4.38. The molecule has 0 aromatic heterocycles. The Kier molecular flexibility index (Phi) is 5.50. The van der Waals surface area contributed by atoms with Crippen LogP contribution < -0.4 is 4.89 Å². The van der Waals surface area contributed by atoms with E-state index in [1.54, 1.807) is 0 Å². The normalized spacial score (nSPS) is 12.7. The predicted molar refractivity (Wildman–Crippen MR) is 66.5 cm³/mol. The largest absolute Gasteiger partial charge is 0.413 e. The van der Waals surface area contributed by atoms with Gasteiger partial charge >= 0.3 is 6.18 Å². The highest BCUT2D eigenvalue weighted by Crippen LogP contribution is 2.32. The Balaban J connectivity index is 2.96. The van der Waals surface area contributed by atoms with Crippen LogP contribution >= 0.6 is 39.1 Å². The van der Waals surface area contributed by atoms with Gasteiger partial charge in [-0.1, -0.05) is 44.0 Å². The summed E-state index contributed by atoms with van der Waals surface area (Å²) in [4.78, 5) is 4.60. The molecule has 1 aromatic rings. The first kappa shape index (κ1) is 17.0. The molecule has 108 valence electrons. The molecule has 1 N–H and O–H groups in total. The van der Waals surface area contributed by atoms with Gasteiger partial charge < -0.3 is 0 Å². The lowest BCUT2D eigenvalue weighted by Gasteiger charge is -2.11. The highest BCUT2D eigenvalue weighted by molar-refractivity contribution is 9.10. The van der Waals surface area contributed by atoms with Crippen molar-refractivity contribution in [1.29, 1.82) is 0 Å². The van der Waals surface area contributed by atoms with E-state index in [4.69, 9.17) is 23.2 Å². The topological polar surface area (TPSA) is 55.4 Å². The second kappa shape index (κ2) is 6.15. The van der Waals surface area contributed by atoms with Gasteiger partial charge in [0, 0.05) is 4.47 Å². The zero-order valence-electron chi connectivity index (χ0n) is 8.76. The smallest absolute Gasteiger partial charge is 0.277 e. The van der Waals surface area contributed by atoms with Crippen LogP contribution in [0.4, 0.5) is 13.2 Å². The molecule has 4 nitrogen and oxygen atoms in total. The van der Waals surface area contributed by atoms with Crippen LogP contribution in [-0.4, -0.2) is 21.2 Å². The van der Waals surface area contributed by atoms with Crippen molar-refractivity contribution < 1.29 is 26.4 Å². The Morgan fingerprint density at radius 2 is 1.74 bits per heavy atom. The van der Waals surface area contributed by atoms with Gasteiger partial charge in [0.2, 0.25) is 0 Å². The van der Waals surface area contributed by atoms with Crippen molar-refractivity contribution in [3.63, 3.8) is 0 Å². The minimum Gasteiger partial charge on any atom is -0.277 e. The molecule has 0 atom stereocenters. The fraction of sp³-hybridized carbons (Fsp3) is 0.250. The highest BCUT2D eigenvalue weighted by Gasteiger charge is 2.30. The minimum atomic E-state index is -4.67. The van der Waals surface area contributed by atoms with Crippen molar-refractivity contribution in [2.75, 3.05) is 6.61 Å². The van der Waals surface area contributed by atoms with Crippen LogP contribution in [0.15, 0.2) is 21.5 Å². The van der Waals surface area contributed by atoms with E-state index in [-0.39, 0.29) is 10.0 Å². The third-order valence-electron chi connectivity index (χ3n) is 1.64. The molecule has 0 fully saturated rings. The van der Waals surface area contributed by atoms with Crippen molar-refractivity contribution in [1.82, 2.24) is 4.89 Å². The van der Waals surface area contributed by atoms with Gasteiger partial charge in [0.05, 0.1) is 10.0 Å². The van der Waals surface area contributed by atoms with Gasteiger partial charge in [0.15, 0.2) is 6.61 Å². The summed E-state index contributed by atoms with van der Waals surface area (Å²) in [6, 6.07) is 2.46. The lowest BCUT2D eigenvalue weighted by molar-refractivity contribution is -0.181. The van der Waals surface area contributed by atoms with E-state index in [0.29, 0.717) is 4.47 Å². The molecule has 0 bridgehead atoms. The summed E-state index contributed by atoms with van der Waals surface area (Å²) >= 11 is 14.4. The summed E-state index contributed by atoms with van der Waals surface area (Å²) in [7, 11) is -4.42. The molecule has 19 heavy (non-hydrogen) atoms. The molecule has 0 aliphatic heterocycles. The molecule has 0 aliphatic carbocycles. The summed E-state index contributed by atoms with van der Waals surface area (Å²) in [6.07, 6.45) is -4.67. The van der Waals surface area contributed by atoms with Crippen LogP contribution in [0.1, 0.15) is 0 Å². The van der Waals surface area contributed by atoms with Crippen molar-refractivity contribution in [3.8, 4) is 0 Å². The van der Waals surface area contributed by atoms with Crippen LogP contribution in [0.5, 0.6) is 0 Å². The fourth-order valence-electron chi connectivity index (χ4n) is 1.02. The SMILES string of the molecule is O=S(=O)(NOCC(F)(F)F)c1c(Cl)cc(Br)cc1Cl. The van der Waals surface area contributed by atoms with E-state index in [1.165, 1.54) is 17.0 Å². The monoisotopic (exact) mass is 401 g/mol. The summed E-state index contributed by atoms with van der Waals surface area (Å²) in [5, 5.41) is -0.523. The maximum Gasteiger partial charge on any atom is 0.413 e. The van der Waals surface area contributed by atoms with Crippen molar-refractivity contribution in [2.45, 2.75) is 11.1 Å². The van der Waals surface area contributed by atoms with Crippen LogP contribution in [0.25, 0.3) is 0 Å². The Morgan fingerprint density at radius 1 is 1.26 bits per heavy atom. The second-order valence-electron chi connectivity index (χ2n) is 3.19. The van der Waals surface area contributed by atoms with E-state index < -0.39 is 27.7 Å². The highest BCUT2D eigenvalue weighted by atomic mass is 79.9. The van der Waals surface area contributed by atoms with Crippen molar-refractivity contribution in [3.05, 3.63) is 26.7 Å².